The average molecular weight is 319 g/mol. The Balaban J connectivity index is 1.84. The summed E-state index contributed by atoms with van der Waals surface area (Å²) in [5.74, 6) is -0.616. The predicted octanol–water partition coefficient (Wildman–Crippen LogP) is 0.303. The van der Waals surface area contributed by atoms with E-state index in [2.05, 4.69) is 10.3 Å². The number of hydrogen-bond acceptors (Lipinski definition) is 6. The second kappa shape index (κ2) is 7.56. The molecule has 0 atom stereocenters. The molecule has 0 unspecified atom stereocenters. The second-order valence-electron chi connectivity index (χ2n) is 4.59. The fraction of sp³-hybridized carbons (Fsp3) is 0.267. The maximum absolute atomic E-state index is 11.9. The number of carbonyl (C=O) groups excluding carboxylic acids is 2. The molecule has 0 saturated heterocycles. The molecule has 7 heteroatoms. The summed E-state index contributed by atoms with van der Waals surface area (Å²) in [5, 5.41) is 15.5. The molecule has 0 radical (unpaired) electrons. The topological polar surface area (TPSA) is 91.3 Å². The van der Waals surface area contributed by atoms with Crippen molar-refractivity contribution >= 4 is 23.2 Å². The first-order chi connectivity index (χ1) is 10.6. The van der Waals surface area contributed by atoms with Gasteiger partial charge >= 0.3 is 0 Å². The van der Waals surface area contributed by atoms with E-state index in [0.29, 0.717) is 17.2 Å². The van der Waals surface area contributed by atoms with Crippen molar-refractivity contribution in [2.45, 2.75) is 19.4 Å². The number of amides is 1. The van der Waals surface area contributed by atoms with Crippen LogP contribution >= 0.6 is 11.3 Å². The number of benzene rings is 1. The lowest BCUT2D eigenvalue weighted by molar-refractivity contribution is -0.304. The van der Waals surface area contributed by atoms with E-state index < -0.39 is 5.97 Å². The van der Waals surface area contributed by atoms with Gasteiger partial charge in [-0.25, -0.2) is 4.98 Å². The van der Waals surface area contributed by atoms with Crippen LogP contribution in [0.3, 0.4) is 0 Å². The van der Waals surface area contributed by atoms with Crippen molar-refractivity contribution in [2.75, 3.05) is 7.11 Å². The van der Waals surface area contributed by atoms with Crippen LogP contribution in [0.1, 0.15) is 16.3 Å². The maximum atomic E-state index is 11.9. The number of aromatic nitrogens is 1. The van der Waals surface area contributed by atoms with Gasteiger partial charge in [-0.3, -0.25) is 4.79 Å². The van der Waals surface area contributed by atoms with Gasteiger partial charge in [-0.05, 0) is 17.7 Å². The molecule has 22 heavy (non-hydrogen) atoms. The summed E-state index contributed by atoms with van der Waals surface area (Å²) in [5.41, 5.74) is 1.35. The van der Waals surface area contributed by atoms with Crippen LogP contribution in [0.5, 0.6) is 5.75 Å². The summed E-state index contributed by atoms with van der Waals surface area (Å²) in [4.78, 5) is 26.4. The van der Waals surface area contributed by atoms with Crippen LogP contribution in [-0.2, 0) is 29.0 Å². The highest BCUT2D eigenvalue weighted by Crippen LogP contribution is 2.13. The van der Waals surface area contributed by atoms with Crippen molar-refractivity contribution in [3.8, 4) is 5.75 Å². The Kier molecular flexibility index (Phi) is 5.48. The molecule has 0 aliphatic rings. The third-order valence-corrected chi connectivity index (χ3v) is 3.76. The molecule has 0 aliphatic heterocycles. The molecule has 0 fully saturated rings. The van der Waals surface area contributed by atoms with Crippen LogP contribution in [0, 0.1) is 0 Å². The highest BCUT2D eigenvalue weighted by Gasteiger charge is 2.08. The Labute approximate surface area is 131 Å². The molecule has 0 spiro atoms. The van der Waals surface area contributed by atoms with Crippen LogP contribution in [0.4, 0.5) is 0 Å². The normalized spacial score (nSPS) is 10.2. The molecule has 116 valence electrons. The summed E-state index contributed by atoms with van der Waals surface area (Å²) in [6, 6.07) is 7.43. The zero-order chi connectivity index (χ0) is 15.9. The largest absolute Gasteiger partial charge is 0.550 e. The third kappa shape index (κ3) is 4.85. The van der Waals surface area contributed by atoms with Gasteiger partial charge in [0.05, 0.1) is 19.2 Å². The number of nitrogens with zero attached hydrogens (tertiary/aromatic N) is 1. The van der Waals surface area contributed by atoms with Gasteiger partial charge in [0.25, 0.3) is 0 Å². The standard InChI is InChI=1S/C15H16N2O4S/c1-21-12-4-2-3-10(5-12)8-16-13(18)7-14-17-11(9-22-14)6-15(19)20/h2-5,9H,6-8H2,1H3,(H,16,18)(H,19,20)/p-1. The molecule has 1 N–H and O–H groups in total. The Hall–Kier alpha value is -2.41. The molecule has 1 amide bonds. The molecule has 1 heterocycles. The molecule has 1 aromatic heterocycles. The van der Waals surface area contributed by atoms with E-state index in [1.165, 1.54) is 11.3 Å². The molecule has 2 rings (SSSR count). The summed E-state index contributed by atoms with van der Waals surface area (Å²) < 4.78 is 5.12. The van der Waals surface area contributed by atoms with E-state index in [9.17, 15) is 14.7 Å². The van der Waals surface area contributed by atoms with Crippen molar-refractivity contribution in [3.05, 3.63) is 45.9 Å². The van der Waals surface area contributed by atoms with Gasteiger partial charge < -0.3 is 20.0 Å². The quantitative estimate of drug-likeness (QED) is 0.793. The van der Waals surface area contributed by atoms with Crippen LogP contribution in [0.2, 0.25) is 0 Å². The van der Waals surface area contributed by atoms with Crippen LogP contribution in [0.25, 0.3) is 0 Å². The smallest absolute Gasteiger partial charge is 0.227 e. The zero-order valence-electron chi connectivity index (χ0n) is 12.0. The van der Waals surface area contributed by atoms with Crippen molar-refractivity contribution in [2.24, 2.45) is 0 Å². The third-order valence-electron chi connectivity index (χ3n) is 2.86. The Morgan fingerprint density at radius 3 is 2.91 bits per heavy atom. The number of aliphatic carboxylic acids is 1. The SMILES string of the molecule is COc1cccc(CNC(=O)Cc2nc(CC(=O)[O-])cs2)c1. The zero-order valence-corrected chi connectivity index (χ0v) is 12.8. The average Bonchev–Trinajstić information content (AvgIpc) is 2.91. The second-order valence-corrected chi connectivity index (χ2v) is 5.53. The molecule has 6 nitrogen and oxygen atoms in total. The van der Waals surface area contributed by atoms with E-state index in [1.807, 2.05) is 24.3 Å². The highest BCUT2D eigenvalue weighted by molar-refractivity contribution is 7.09. The summed E-state index contributed by atoms with van der Waals surface area (Å²) in [6.45, 7) is 0.396. The number of carboxylic acids is 1. The van der Waals surface area contributed by atoms with E-state index in [-0.39, 0.29) is 18.7 Å². The van der Waals surface area contributed by atoms with E-state index >= 15 is 0 Å². The van der Waals surface area contributed by atoms with Crippen LogP contribution < -0.4 is 15.2 Å². The van der Waals surface area contributed by atoms with Crippen molar-refractivity contribution in [1.82, 2.24) is 10.3 Å². The van der Waals surface area contributed by atoms with E-state index in [0.717, 1.165) is 11.3 Å². The van der Waals surface area contributed by atoms with Gasteiger partial charge in [0, 0.05) is 24.3 Å². The monoisotopic (exact) mass is 319 g/mol. The molecule has 1 aromatic carbocycles. The minimum atomic E-state index is -1.18. The number of ether oxygens (including phenoxy) is 1. The Morgan fingerprint density at radius 1 is 1.36 bits per heavy atom. The summed E-state index contributed by atoms with van der Waals surface area (Å²) >= 11 is 1.26. The number of rotatable bonds is 7. The molecule has 2 aromatic rings. The fourth-order valence-electron chi connectivity index (χ4n) is 1.84. The molecule has 0 aliphatic carbocycles. The van der Waals surface area contributed by atoms with Gasteiger partial charge in [-0.1, -0.05) is 12.1 Å². The van der Waals surface area contributed by atoms with E-state index in [1.54, 1.807) is 12.5 Å². The van der Waals surface area contributed by atoms with Gasteiger partial charge in [-0.15, -0.1) is 11.3 Å². The first-order valence-electron chi connectivity index (χ1n) is 6.59. The van der Waals surface area contributed by atoms with Gasteiger partial charge in [0.1, 0.15) is 10.8 Å². The minimum Gasteiger partial charge on any atom is -0.550 e. The van der Waals surface area contributed by atoms with Crippen molar-refractivity contribution in [1.29, 1.82) is 0 Å². The number of hydrogen-bond donors (Lipinski definition) is 1. The number of carbonyl (C=O) groups is 2. The minimum absolute atomic E-state index is 0.127. The lowest BCUT2D eigenvalue weighted by Gasteiger charge is -2.06. The first kappa shape index (κ1) is 16.0. The van der Waals surface area contributed by atoms with E-state index in [4.69, 9.17) is 4.74 Å². The molecule has 0 bridgehead atoms. The number of nitrogens with one attached hydrogen (secondary N) is 1. The Bertz CT molecular complexity index is 669. The lowest BCUT2D eigenvalue weighted by Crippen LogP contribution is -2.25. The van der Waals surface area contributed by atoms with Gasteiger partial charge in [-0.2, -0.15) is 0 Å². The number of carboxylic acid groups (broad SMARTS) is 1. The lowest BCUT2D eigenvalue weighted by atomic mass is 10.2. The van der Waals surface area contributed by atoms with Gasteiger partial charge in [0.2, 0.25) is 5.91 Å². The molecule has 0 saturated carbocycles. The first-order valence-corrected chi connectivity index (χ1v) is 7.47. The van der Waals surface area contributed by atoms with Crippen molar-refractivity contribution < 1.29 is 19.4 Å². The van der Waals surface area contributed by atoms with Crippen LogP contribution in [0.15, 0.2) is 29.6 Å². The number of thiazole rings is 1. The maximum Gasteiger partial charge on any atom is 0.227 e. The van der Waals surface area contributed by atoms with Crippen molar-refractivity contribution in [3.63, 3.8) is 0 Å². The summed E-state index contributed by atoms with van der Waals surface area (Å²) in [6.07, 6.45) is -0.108. The molecular weight excluding hydrogens is 304 g/mol. The molecular formula is C15H15N2O4S-. The van der Waals surface area contributed by atoms with Gasteiger partial charge in [0.15, 0.2) is 0 Å². The Morgan fingerprint density at radius 2 is 2.18 bits per heavy atom. The predicted molar refractivity (Wildman–Crippen MR) is 79.4 cm³/mol. The van der Waals surface area contributed by atoms with Crippen LogP contribution in [-0.4, -0.2) is 24.0 Å². The number of methoxy groups -OCH3 is 1. The highest BCUT2D eigenvalue weighted by atomic mass is 32.1. The fourth-order valence-corrected chi connectivity index (χ4v) is 2.63. The summed E-state index contributed by atoms with van der Waals surface area (Å²) in [7, 11) is 1.59.